The molecule has 5 rings (SSSR count). The second-order valence-electron chi connectivity index (χ2n) is 8.82. The van der Waals surface area contributed by atoms with Crippen molar-refractivity contribution in [3.8, 4) is 5.75 Å². The van der Waals surface area contributed by atoms with Crippen LogP contribution in [0, 0.1) is 0 Å². The molecule has 4 aromatic rings. The molecule has 1 saturated heterocycles. The van der Waals surface area contributed by atoms with Gasteiger partial charge in [0, 0.05) is 38.3 Å². The van der Waals surface area contributed by atoms with Crippen LogP contribution >= 0.6 is 0 Å². The maximum atomic E-state index is 12.6. The number of aromatic nitrogens is 4. The van der Waals surface area contributed by atoms with Crippen molar-refractivity contribution in [3.63, 3.8) is 0 Å². The van der Waals surface area contributed by atoms with E-state index in [9.17, 15) is 4.79 Å². The maximum absolute atomic E-state index is 12.6. The Hall–Kier alpha value is -4.34. The average molecular weight is 502 g/mol. The van der Waals surface area contributed by atoms with Crippen molar-refractivity contribution in [1.29, 1.82) is 0 Å². The van der Waals surface area contributed by atoms with Gasteiger partial charge in [0.25, 0.3) is 0 Å². The number of fused-ring (bicyclic) bond motifs is 1. The lowest BCUT2D eigenvalue weighted by molar-refractivity contribution is 0.0941. The van der Waals surface area contributed by atoms with E-state index in [-0.39, 0.29) is 12.7 Å². The number of piperazine rings is 1. The molecule has 10 nitrogen and oxygen atoms in total. The molecular weight excluding hydrogens is 470 g/mol. The van der Waals surface area contributed by atoms with Crippen LogP contribution in [0.25, 0.3) is 5.65 Å². The number of nitrogens with zero attached hydrogens (tertiary/aromatic N) is 6. The van der Waals surface area contributed by atoms with Gasteiger partial charge in [-0.3, -0.25) is 0 Å². The summed E-state index contributed by atoms with van der Waals surface area (Å²) in [4.78, 5) is 26.1. The Labute approximate surface area is 215 Å². The van der Waals surface area contributed by atoms with Crippen molar-refractivity contribution in [2.24, 2.45) is 0 Å². The zero-order valence-corrected chi connectivity index (χ0v) is 21.1. The van der Waals surface area contributed by atoms with Crippen LogP contribution in [0.2, 0.25) is 0 Å². The molecule has 2 aromatic heterocycles. The van der Waals surface area contributed by atoms with Crippen LogP contribution in [0.5, 0.6) is 5.75 Å². The molecule has 1 amide bonds. The first-order valence-corrected chi connectivity index (χ1v) is 12.5. The van der Waals surface area contributed by atoms with E-state index >= 15 is 0 Å². The van der Waals surface area contributed by atoms with Gasteiger partial charge in [0.15, 0.2) is 5.65 Å². The molecule has 0 saturated carbocycles. The van der Waals surface area contributed by atoms with Gasteiger partial charge in [-0.25, -0.2) is 4.79 Å². The van der Waals surface area contributed by atoms with Gasteiger partial charge in [-0.2, -0.15) is 19.6 Å². The number of methoxy groups -OCH3 is 1. The van der Waals surface area contributed by atoms with Crippen LogP contribution < -0.4 is 15.0 Å². The number of carbonyl (C=O) groups is 1. The maximum Gasteiger partial charge on any atom is 0.410 e. The highest BCUT2D eigenvalue weighted by Crippen LogP contribution is 2.21. The predicted octanol–water partition coefficient (Wildman–Crippen LogP) is 3.77. The minimum absolute atomic E-state index is 0.268. The van der Waals surface area contributed by atoms with E-state index in [4.69, 9.17) is 19.4 Å². The predicted molar refractivity (Wildman–Crippen MR) is 141 cm³/mol. The molecule has 0 bridgehead atoms. The summed E-state index contributed by atoms with van der Waals surface area (Å²) in [6.07, 6.45) is 2.36. The Morgan fingerprint density at radius 1 is 0.973 bits per heavy atom. The molecule has 0 radical (unpaired) electrons. The minimum atomic E-state index is -0.300. The number of aryl methyl sites for hydroxylation is 1. The number of hydrogen-bond acceptors (Lipinski definition) is 8. The Bertz CT molecular complexity index is 1330. The highest BCUT2D eigenvalue weighted by Gasteiger charge is 2.25. The normalized spacial score (nSPS) is 13.6. The molecule has 0 atom stereocenters. The van der Waals surface area contributed by atoms with Gasteiger partial charge in [-0.15, -0.1) is 0 Å². The van der Waals surface area contributed by atoms with E-state index in [0.717, 1.165) is 34.5 Å². The molecule has 1 N–H and O–H groups in total. The lowest BCUT2D eigenvalue weighted by Gasteiger charge is -2.34. The minimum Gasteiger partial charge on any atom is -0.497 e. The van der Waals surface area contributed by atoms with Crippen LogP contribution in [0.3, 0.4) is 0 Å². The van der Waals surface area contributed by atoms with Gasteiger partial charge < -0.3 is 24.6 Å². The molecule has 37 heavy (non-hydrogen) atoms. The molecule has 10 heteroatoms. The molecule has 1 fully saturated rings. The summed E-state index contributed by atoms with van der Waals surface area (Å²) >= 11 is 0. The molecule has 3 heterocycles. The molecule has 0 spiro atoms. The van der Waals surface area contributed by atoms with Crippen LogP contribution in [0.4, 0.5) is 16.7 Å². The first-order chi connectivity index (χ1) is 18.1. The SMILES string of the molecule is CCc1cnn2c(NCc3ccc(OC)cc3)nc(N3CCN(C(=O)OCc4ccccc4)CC3)nc12. The number of nitrogens with one attached hydrogen (secondary N) is 1. The lowest BCUT2D eigenvalue weighted by Crippen LogP contribution is -2.49. The number of carbonyl (C=O) groups excluding carboxylic acids is 1. The van der Waals surface area contributed by atoms with E-state index in [1.165, 1.54) is 0 Å². The quantitative estimate of drug-likeness (QED) is 0.390. The highest BCUT2D eigenvalue weighted by molar-refractivity contribution is 5.68. The largest absolute Gasteiger partial charge is 0.497 e. The third-order valence-electron chi connectivity index (χ3n) is 6.45. The first-order valence-electron chi connectivity index (χ1n) is 12.5. The third kappa shape index (κ3) is 5.58. The third-order valence-corrected chi connectivity index (χ3v) is 6.45. The standard InChI is InChI=1S/C27H31N7O3/c1-3-22-18-29-34-24(22)30-26(31-25(34)28-17-20-9-11-23(36-2)12-10-20)32-13-15-33(16-14-32)27(35)37-19-21-7-5-4-6-8-21/h4-12,18H,3,13-17,19H2,1-2H3,(H,28,30,31). The fourth-order valence-corrected chi connectivity index (χ4v) is 4.24. The van der Waals surface area contributed by atoms with Crippen molar-refractivity contribution in [1.82, 2.24) is 24.5 Å². The van der Waals surface area contributed by atoms with Crippen LogP contribution in [0.15, 0.2) is 60.8 Å². The van der Waals surface area contributed by atoms with E-state index in [2.05, 4.69) is 22.2 Å². The number of anilines is 2. The average Bonchev–Trinajstić information content (AvgIpc) is 3.39. The topological polar surface area (TPSA) is 97.1 Å². The van der Waals surface area contributed by atoms with Gasteiger partial charge in [-0.1, -0.05) is 49.4 Å². The molecular formula is C27H31N7O3. The van der Waals surface area contributed by atoms with Crippen LogP contribution in [-0.2, 0) is 24.3 Å². The van der Waals surface area contributed by atoms with Gasteiger partial charge >= 0.3 is 6.09 Å². The Morgan fingerprint density at radius 3 is 2.43 bits per heavy atom. The number of amides is 1. The van der Waals surface area contributed by atoms with Crippen molar-refractivity contribution in [2.45, 2.75) is 26.5 Å². The van der Waals surface area contributed by atoms with Crippen LogP contribution in [0.1, 0.15) is 23.6 Å². The van der Waals surface area contributed by atoms with Crippen molar-refractivity contribution >= 4 is 23.6 Å². The lowest BCUT2D eigenvalue weighted by atomic mass is 10.2. The fourth-order valence-electron chi connectivity index (χ4n) is 4.24. The number of benzene rings is 2. The van der Waals surface area contributed by atoms with Gasteiger partial charge in [-0.05, 0) is 29.7 Å². The molecule has 2 aromatic carbocycles. The van der Waals surface area contributed by atoms with Gasteiger partial charge in [0.05, 0.1) is 13.3 Å². The van der Waals surface area contributed by atoms with Crippen LogP contribution in [-0.4, -0.2) is 63.9 Å². The van der Waals surface area contributed by atoms with Gasteiger partial charge in [0.1, 0.15) is 12.4 Å². The summed E-state index contributed by atoms with van der Waals surface area (Å²) in [5.74, 6) is 2.07. The number of hydrogen-bond donors (Lipinski definition) is 1. The Kier molecular flexibility index (Phi) is 7.34. The van der Waals surface area contributed by atoms with E-state index in [1.54, 1.807) is 16.5 Å². The second-order valence-corrected chi connectivity index (χ2v) is 8.82. The Balaban J connectivity index is 1.27. The zero-order chi connectivity index (χ0) is 25.6. The Morgan fingerprint density at radius 2 is 1.73 bits per heavy atom. The monoisotopic (exact) mass is 501 g/mol. The molecule has 192 valence electrons. The van der Waals surface area contributed by atoms with Crippen molar-refractivity contribution < 1.29 is 14.3 Å². The van der Waals surface area contributed by atoms with E-state index < -0.39 is 0 Å². The van der Waals surface area contributed by atoms with Gasteiger partial charge in [0.2, 0.25) is 11.9 Å². The summed E-state index contributed by atoms with van der Waals surface area (Å²) in [6.45, 7) is 5.24. The van der Waals surface area contributed by atoms with Crippen molar-refractivity contribution in [3.05, 3.63) is 77.5 Å². The zero-order valence-electron chi connectivity index (χ0n) is 21.1. The van der Waals surface area contributed by atoms with E-state index in [0.29, 0.717) is 44.6 Å². The summed E-state index contributed by atoms with van der Waals surface area (Å²) < 4.78 is 12.5. The first kappa shape index (κ1) is 24.4. The second kappa shape index (κ2) is 11.2. The molecule has 0 unspecified atom stereocenters. The van der Waals surface area contributed by atoms with Crippen molar-refractivity contribution in [2.75, 3.05) is 43.5 Å². The molecule has 1 aliphatic heterocycles. The van der Waals surface area contributed by atoms with E-state index in [1.807, 2.05) is 60.8 Å². The molecule has 0 aliphatic carbocycles. The summed E-state index contributed by atoms with van der Waals surface area (Å²) in [5.41, 5.74) is 3.91. The smallest absolute Gasteiger partial charge is 0.410 e. The highest BCUT2D eigenvalue weighted by atomic mass is 16.6. The summed E-state index contributed by atoms with van der Waals surface area (Å²) in [7, 11) is 1.66. The number of rotatable bonds is 8. The fraction of sp³-hybridized carbons (Fsp3) is 0.333. The number of ether oxygens (including phenoxy) is 2. The molecule has 1 aliphatic rings. The summed E-state index contributed by atoms with van der Waals surface area (Å²) in [5, 5.41) is 7.93. The summed E-state index contributed by atoms with van der Waals surface area (Å²) in [6, 6.07) is 17.6.